The highest BCUT2D eigenvalue weighted by molar-refractivity contribution is 5.93. The van der Waals surface area contributed by atoms with Crippen molar-refractivity contribution in [3.63, 3.8) is 0 Å². The molecular formula is C112H108N12O9. The van der Waals surface area contributed by atoms with Crippen molar-refractivity contribution in [1.29, 1.82) is 15.8 Å². The van der Waals surface area contributed by atoms with Crippen molar-refractivity contribution < 1.29 is 27.5 Å². The van der Waals surface area contributed by atoms with Gasteiger partial charge in [0.2, 0.25) is 0 Å². The Hall–Kier alpha value is -15.8. The van der Waals surface area contributed by atoms with Crippen molar-refractivity contribution in [1.82, 2.24) is 0 Å². The van der Waals surface area contributed by atoms with Gasteiger partial charge in [-0.2, -0.15) is 0 Å². The van der Waals surface area contributed by atoms with Gasteiger partial charge in [-0.15, -0.1) is 0 Å². The lowest BCUT2D eigenvalue weighted by atomic mass is 9.69. The predicted octanol–water partition coefficient (Wildman–Crippen LogP) is 23.7. The first-order valence-electron chi connectivity index (χ1n) is 44.3. The number of nitriles is 3. The Morgan fingerprint density at radius 1 is 0.421 bits per heavy atom. The van der Waals surface area contributed by atoms with Crippen LogP contribution in [0.3, 0.4) is 0 Å². The van der Waals surface area contributed by atoms with E-state index >= 15 is 0 Å². The highest BCUT2D eigenvalue weighted by Gasteiger charge is 2.44. The summed E-state index contributed by atoms with van der Waals surface area (Å²) < 4.78 is 36.2. The smallest absolute Gasteiger partial charge is 0.343 e. The molecule has 0 aliphatic carbocycles. The van der Waals surface area contributed by atoms with E-state index in [1.807, 2.05) is 206 Å². The standard InChI is InChI=1S/2C40H40N4O3.C32H28N4O3/c1-25-19-30(43(7)8)12-9-26(25)10-13-31-21-28(34(24-41)42-6)22-32(46-31)14-11-27-20-29-23-33-36-35(37(29)47-38(27)45)40(4,5)16-18-44(36)17-15-39(33,2)3;1-25(26-9-12-30(13-10-26)43(7)8)19-32-22-28(34(24-41)42-6)21-31(46-32)14-11-27-20-29-23-33-36-35(37(29)47-38(27)45)40(4,5)16-18-44(36)17-15-39(33,2)3;1-6-36(5)26-12-7-22(8-13-26)9-15-28-18-25(30(21-33)34-2)19-29(38-28)16-11-24-17-23-10-14-27(35(3)4)20-31(23)39-32(24)37/h2*9-14,19-23H,15-18H2,1-5,7-8H3;7-20H,6H2,1,3-5H3/b13-10+,14-11+,34-28+;14-11+,25-19+,34-28-;15-9+,16-11+,30-25+. The number of fused-ring (bicyclic) bond motifs is 5. The number of benzene rings is 6. The first-order valence-corrected chi connectivity index (χ1v) is 44.3. The summed E-state index contributed by atoms with van der Waals surface area (Å²) in [6, 6.07) is 44.0. The van der Waals surface area contributed by atoms with Crippen LogP contribution in [0.5, 0.6) is 0 Å². The van der Waals surface area contributed by atoms with E-state index in [2.05, 4.69) is 115 Å². The van der Waals surface area contributed by atoms with Crippen LogP contribution < -0.4 is 46.3 Å². The van der Waals surface area contributed by atoms with Gasteiger partial charge in [-0.05, 0) is 294 Å². The molecule has 21 heteroatoms. The number of anilines is 6. The molecule has 0 saturated heterocycles. The molecule has 9 aromatic rings. The summed E-state index contributed by atoms with van der Waals surface area (Å²) in [6.45, 7) is 51.6. The van der Waals surface area contributed by atoms with Crippen LogP contribution in [-0.2, 0) is 35.9 Å². The van der Waals surface area contributed by atoms with E-state index < -0.39 is 16.9 Å². The zero-order chi connectivity index (χ0) is 95.3. The Labute approximate surface area is 778 Å². The van der Waals surface area contributed by atoms with Crippen LogP contribution in [0.15, 0.2) is 284 Å². The topological polar surface area (TPSA) is 222 Å². The average molecular weight is 1770 g/mol. The Morgan fingerprint density at radius 3 is 1.19 bits per heavy atom. The molecule has 133 heavy (non-hydrogen) atoms. The number of ether oxygens (including phenoxy) is 3. The molecule has 3 aromatic heterocycles. The SMILES string of the molecule is [C-]#[N+]/C(C#N)=C1C=C(/C=C/c2cc3cc4c5c(c3oc2=O)C(C)(C)CCN5CCC4(C)C)OC(/C=C(\C)c2ccc(N(C)C)cc2)=C/1.[C-]#[N+]/C(C#N)=C1C=C(/C=C/c2ccc(N(C)C)cc2C)OC(/C=C/c2cc3cc4c5c(c3oc2=O)C(C)(C)CCN5CCC4(C)C)=C\1.[C-]#[N+]/C(C#N)=C1C=C(/C=C/c2ccc(N(C)CC)cc2)OC(/C=C/c2cc3ccc(N(C)C)cc3oc2=O)=C\1. The van der Waals surface area contributed by atoms with Gasteiger partial charge in [0.1, 0.15) is 51.3 Å². The molecule has 670 valence electrons. The summed E-state index contributed by atoms with van der Waals surface area (Å²) in [5.41, 5.74) is 19.2. The molecule has 0 spiro atoms. The van der Waals surface area contributed by atoms with Gasteiger partial charge in [-0.1, -0.05) is 97.9 Å². The van der Waals surface area contributed by atoms with Gasteiger partial charge < -0.3 is 56.9 Å². The molecule has 0 unspecified atom stereocenters. The fraction of sp³-hybridized carbons (Fsp3) is 0.277. The third-order valence-electron chi connectivity index (χ3n) is 25.7. The molecule has 21 nitrogen and oxygen atoms in total. The van der Waals surface area contributed by atoms with Crippen LogP contribution in [0.25, 0.3) is 83.4 Å². The maximum atomic E-state index is 13.5. The van der Waals surface area contributed by atoms with Crippen molar-refractivity contribution in [2.45, 2.75) is 124 Å². The van der Waals surface area contributed by atoms with Crippen molar-refractivity contribution in [3.05, 3.63) is 383 Å². The second-order valence-electron chi connectivity index (χ2n) is 37.4. The van der Waals surface area contributed by atoms with Crippen LogP contribution in [0, 0.1) is 60.6 Å². The fourth-order valence-electron chi connectivity index (χ4n) is 17.4. The van der Waals surface area contributed by atoms with E-state index in [0.717, 1.165) is 136 Å². The summed E-state index contributed by atoms with van der Waals surface area (Å²) in [7, 11) is 13.9. The number of aryl methyl sites for hydroxylation is 1. The zero-order valence-corrected chi connectivity index (χ0v) is 78.7. The summed E-state index contributed by atoms with van der Waals surface area (Å²) in [4.78, 5) is 62.8. The second kappa shape index (κ2) is 38.5. The number of nitrogens with zero attached hydrogens (tertiary/aromatic N) is 12. The lowest BCUT2D eigenvalue weighted by Gasteiger charge is -2.48. The average Bonchev–Trinajstić information content (AvgIpc) is 0.715. The molecule has 0 fully saturated rings. The van der Waals surface area contributed by atoms with E-state index in [-0.39, 0.29) is 38.8 Å². The fourth-order valence-corrected chi connectivity index (χ4v) is 17.4. The summed E-state index contributed by atoms with van der Waals surface area (Å²) in [5, 5.41) is 31.3. The molecule has 7 aliphatic rings. The highest BCUT2D eigenvalue weighted by Crippen LogP contribution is 2.54. The van der Waals surface area contributed by atoms with Crippen LogP contribution >= 0.6 is 0 Å². The lowest BCUT2D eigenvalue weighted by molar-refractivity contribution is 0.332. The van der Waals surface area contributed by atoms with E-state index in [1.165, 1.54) is 22.5 Å². The maximum Gasteiger partial charge on any atom is 0.343 e. The second-order valence-corrected chi connectivity index (χ2v) is 37.4. The first kappa shape index (κ1) is 93.3. The quantitative estimate of drug-likeness (QED) is 0.0469. The number of hydrogen-bond acceptors (Lipinski definition) is 18. The van der Waals surface area contributed by atoms with Gasteiger partial charge in [-0.3, -0.25) is 0 Å². The summed E-state index contributed by atoms with van der Waals surface area (Å²) >= 11 is 0. The number of rotatable bonds is 17. The molecule has 0 amide bonds. The third kappa shape index (κ3) is 20.3. The molecule has 0 N–H and O–H groups in total. The minimum Gasteiger partial charge on any atom is -0.457 e. The predicted molar refractivity (Wildman–Crippen MR) is 537 cm³/mol. The Morgan fingerprint density at radius 2 is 0.782 bits per heavy atom. The first-order chi connectivity index (χ1) is 63.4. The summed E-state index contributed by atoms with van der Waals surface area (Å²) in [5.74, 6) is 2.60. The molecule has 0 saturated carbocycles. The maximum absolute atomic E-state index is 13.5. The van der Waals surface area contributed by atoms with Crippen LogP contribution in [0.1, 0.15) is 156 Å². The van der Waals surface area contributed by atoms with Crippen LogP contribution in [-0.4, -0.2) is 82.1 Å². The largest absolute Gasteiger partial charge is 0.457 e. The van der Waals surface area contributed by atoms with Gasteiger partial charge in [0.25, 0.3) is 17.1 Å². The van der Waals surface area contributed by atoms with Gasteiger partial charge in [0, 0.05) is 150 Å². The number of hydrogen-bond donors (Lipinski definition) is 0. The molecule has 7 aliphatic heterocycles. The van der Waals surface area contributed by atoms with Gasteiger partial charge in [0.05, 0.1) is 54.6 Å². The van der Waals surface area contributed by atoms with E-state index in [0.29, 0.717) is 84.7 Å². The zero-order valence-electron chi connectivity index (χ0n) is 78.7. The Bertz CT molecular complexity index is 7190. The number of allylic oxidation sites excluding steroid dienone is 19. The van der Waals surface area contributed by atoms with Crippen molar-refractivity contribution in [3.8, 4) is 18.2 Å². The normalized spacial score (nSPS) is 17.8. The minimum atomic E-state index is -0.478. The molecule has 6 aromatic carbocycles. The van der Waals surface area contributed by atoms with Crippen molar-refractivity contribution in [2.75, 3.05) is 111 Å². The Balaban J connectivity index is 0.000000161. The molecule has 0 atom stereocenters. The third-order valence-corrected chi connectivity index (χ3v) is 25.7. The van der Waals surface area contributed by atoms with Crippen molar-refractivity contribution >= 4 is 103 Å². The minimum absolute atomic E-state index is 0.00193. The highest BCUT2D eigenvalue weighted by atomic mass is 16.5. The van der Waals surface area contributed by atoms with Gasteiger partial charge in [0.15, 0.2) is 0 Å². The molecular weight excluding hydrogens is 1660 g/mol. The van der Waals surface area contributed by atoms with Gasteiger partial charge >= 0.3 is 16.9 Å². The molecule has 0 radical (unpaired) electrons. The molecule has 10 heterocycles. The van der Waals surface area contributed by atoms with Crippen molar-refractivity contribution in [2.24, 2.45) is 0 Å². The van der Waals surface area contributed by atoms with E-state index in [4.69, 9.17) is 47.2 Å². The monoisotopic (exact) mass is 1760 g/mol. The molecule has 0 bridgehead atoms. The Kier molecular flexibility index (Phi) is 27.0. The lowest BCUT2D eigenvalue weighted by Crippen LogP contribution is -2.44. The van der Waals surface area contributed by atoms with E-state index in [1.54, 1.807) is 85.1 Å². The van der Waals surface area contributed by atoms with E-state index in [9.17, 15) is 30.2 Å². The summed E-state index contributed by atoms with van der Waals surface area (Å²) in [6.07, 6.45) is 33.4. The van der Waals surface area contributed by atoms with Crippen LogP contribution in [0.4, 0.5) is 34.1 Å². The molecule has 16 rings (SSSR count). The van der Waals surface area contributed by atoms with Crippen LogP contribution in [0.2, 0.25) is 0 Å². The van der Waals surface area contributed by atoms with Gasteiger partial charge in [-0.25, -0.2) is 44.7 Å².